The Kier molecular flexibility index (Phi) is 5.16. The van der Waals surface area contributed by atoms with Crippen molar-refractivity contribution in [1.82, 2.24) is 0 Å². The number of carboxylic acid groups (broad SMARTS) is 1. The van der Waals surface area contributed by atoms with E-state index in [9.17, 15) is 14.7 Å². The Morgan fingerprint density at radius 2 is 1.57 bits per heavy atom. The van der Waals surface area contributed by atoms with E-state index in [2.05, 4.69) is 0 Å². The molecule has 4 nitrogen and oxygen atoms in total. The first-order valence-electron chi connectivity index (χ1n) is 7.52. The molecule has 2 rings (SSSR count). The number of nitrogens with zero attached hydrogens (tertiary/aromatic N) is 1. The average molecular weight is 311 g/mol. The van der Waals surface area contributed by atoms with Crippen LogP contribution in [0.25, 0.3) is 0 Å². The maximum Gasteiger partial charge on any atom is 0.316 e. The number of para-hydroxylation sites is 1. The largest absolute Gasteiger partial charge is 0.481 e. The minimum atomic E-state index is -1.10. The molecule has 0 heterocycles. The van der Waals surface area contributed by atoms with Crippen LogP contribution in [0.5, 0.6) is 0 Å². The molecule has 1 unspecified atom stereocenters. The molecule has 1 amide bonds. The number of carbonyl (C=O) groups excluding carboxylic acids is 1. The van der Waals surface area contributed by atoms with E-state index < -0.39 is 17.8 Å². The van der Waals surface area contributed by atoms with Gasteiger partial charge in [-0.15, -0.1) is 0 Å². The number of hydrogen-bond donors (Lipinski definition) is 1. The van der Waals surface area contributed by atoms with Gasteiger partial charge < -0.3 is 10.0 Å². The maximum atomic E-state index is 12.7. The van der Waals surface area contributed by atoms with Crippen molar-refractivity contribution in [1.29, 1.82) is 0 Å². The molecular formula is C19H21NO3. The van der Waals surface area contributed by atoms with E-state index >= 15 is 0 Å². The van der Waals surface area contributed by atoms with Crippen molar-refractivity contribution in [2.24, 2.45) is 5.92 Å². The van der Waals surface area contributed by atoms with Gasteiger partial charge >= 0.3 is 5.97 Å². The fraction of sp³-hybridized carbons (Fsp3) is 0.263. The minimum absolute atomic E-state index is 0.185. The van der Waals surface area contributed by atoms with Gasteiger partial charge in [0.1, 0.15) is 5.92 Å². The molecule has 4 heteroatoms. The zero-order chi connectivity index (χ0) is 17.0. The predicted octanol–water partition coefficient (Wildman–Crippen LogP) is 3.21. The summed E-state index contributed by atoms with van der Waals surface area (Å²) in [6, 6.07) is 15.0. The highest BCUT2D eigenvalue weighted by Crippen LogP contribution is 2.25. The van der Waals surface area contributed by atoms with Crippen molar-refractivity contribution < 1.29 is 14.7 Å². The quantitative estimate of drug-likeness (QED) is 0.863. The first-order valence-corrected chi connectivity index (χ1v) is 7.52. The SMILES string of the molecule is Cc1cccc(C)c1N(C)C(=O)C(Cc1ccccc1)C(=O)O. The van der Waals surface area contributed by atoms with Crippen LogP contribution in [0.3, 0.4) is 0 Å². The highest BCUT2D eigenvalue weighted by molar-refractivity contribution is 6.06. The van der Waals surface area contributed by atoms with Gasteiger partial charge in [0.15, 0.2) is 0 Å². The summed E-state index contributed by atoms with van der Waals surface area (Å²) in [4.78, 5) is 25.8. The number of hydrogen-bond acceptors (Lipinski definition) is 2. The van der Waals surface area contributed by atoms with Crippen molar-refractivity contribution in [2.75, 3.05) is 11.9 Å². The normalized spacial score (nSPS) is 11.8. The summed E-state index contributed by atoms with van der Waals surface area (Å²) in [5, 5.41) is 9.49. The highest BCUT2D eigenvalue weighted by Gasteiger charge is 2.30. The van der Waals surface area contributed by atoms with Crippen molar-refractivity contribution in [3.8, 4) is 0 Å². The van der Waals surface area contributed by atoms with E-state index in [0.29, 0.717) is 0 Å². The molecule has 2 aromatic carbocycles. The van der Waals surface area contributed by atoms with Crippen LogP contribution in [-0.2, 0) is 16.0 Å². The molecule has 0 aromatic heterocycles. The number of amides is 1. The summed E-state index contributed by atoms with van der Waals surface area (Å²) in [5.74, 6) is -2.60. The molecule has 0 aliphatic heterocycles. The molecule has 23 heavy (non-hydrogen) atoms. The Balaban J connectivity index is 2.29. The van der Waals surface area contributed by atoms with Gasteiger partial charge in [0, 0.05) is 12.7 Å². The molecular weight excluding hydrogens is 290 g/mol. The molecule has 0 fully saturated rings. The van der Waals surface area contributed by atoms with Crippen molar-refractivity contribution >= 4 is 17.6 Å². The first kappa shape index (κ1) is 16.7. The number of aliphatic carboxylic acids is 1. The lowest BCUT2D eigenvalue weighted by atomic mass is 9.97. The number of rotatable bonds is 5. The molecule has 120 valence electrons. The third-order valence-electron chi connectivity index (χ3n) is 3.98. The maximum absolute atomic E-state index is 12.7. The molecule has 0 aliphatic rings. The van der Waals surface area contributed by atoms with Gasteiger partial charge in [0.2, 0.25) is 5.91 Å². The van der Waals surface area contributed by atoms with E-state index in [1.807, 2.05) is 62.4 Å². The van der Waals surface area contributed by atoms with E-state index in [1.54, 1.807) is 7.05 Å². The van der Waals surface area contributed by atoms with Crippen molar-refractivity contribution in [3.63, 3.8) is 0 Å². The number of benzene rings is 2. The second-order valence-corrected chi connectivity index (χ2v) is 5.72. The molecule has 0 spiro atoms. The Bertz CT molecular complexity index is 690. The molecule has 0 bridgehead atoms. The predicted molar refractivity (Wildman–Crippen MR) is 90.6 cm³/mol. The van der Waals surface area contributed by atoms with Gasteiger partial charge in [-0.3, -0.25) is 9.59 Å². The molecule has 0 saturated carbocycles. The lowest BCUT2D eigenvalue weighted by Crippen LogP contribution is -2.38. The fourth-order valence-corrected chi connectivity index (χ4v) is 2.81. The topological polar surface area (TPSA) is 57.6 Å². The van der Waals surface area contributed by atoms with Crippen LogP contribution >= 0.6 is 0 Å². The lowest BCUT2D eigenvalue weighted by Gasteiger charge is -2.25. The summed E-state index contributed by atoms with van der Waals surface area (Å²) in [5.41, 5.74) is 3.51. The van der Waals surface area contributed by atoms with Gasteiger partial charge in [0.05, 0.1) is 0 Å². The monoisotopic (exact) mass is 311 g/mol. The summed E-state index contributed by atoms with van der Waals surface area (Å²) < 4.78 is 0. The van der Waals surface area contributed by atoms with Crippen LogP contribution in [0.4, 0.5) is 5.69 Å². The summed E-state index contributed by atoms with van der Waals surface area (Å²) in [7, 11) is 1.64. The molecule has 1 atom stereocenters. The standard InChI is InChI=1S/C19H21NO3/c1-13-8-7-9-14(2)17(13)20(3)18(21)16(19(22)23)12-15-10-5-4-6-11-15/h4-11,16H,12H2,1-3H3,(H,22,23). The zero-order valence-electron chi connectivity index (χ0n) is 13.6. The van der Waals surface area contributed by atoms with Crippen molar-refractivity contribution in [2.45, 2.75) is 20.3 Å². The van der Waals surface area contributed by atoms with Gasteiger partial charge in [0.25, 0.3) is 0 Å². The zero-order valence-corrected chi connectivity index (χ0v) is 13.6. The Labute approximate surface area is 136 Å². The summed E-state index contributed by atoms with van der Waals surface area (Å²) in [6.45, 7) is 3.83. The Morgan fingerprint density at radius 1 is 1.00 bits per heavy atom. The lowest BCUT2D eigenvalue weighted by molar-refractivity contribution is -0.146. The first-order chi connectivity index (χ1) is 10.9. The molecule has 2 aromatic rings. The highest BCUT2D eigenvalue weighted by atomic mass is 16.4. The van der Waals surface area contributed by atoms with Gasteiger partial charge in [-0.05, 0) is 37.0 Å². The van der Waals surface area contributed by atoms with Crippen LogP contribution in [0.2, 0.25) is 0 Å². The molecule has 0 saturated heterocycles. The third-order valence-corrected chi connectivity index (χ3v) is 3.98. The molecule has 0 aliphatic carbocycles. The van der Waals surface area contributed by atoms with Crippen molar-refractivity contribution in [3.05, 3.63) is 65.2 Å². The molecule has 0 radical (unpaired) electrons. The summed E-state index contributed by atoms with van der Waals surface area (Å²) >= 11 is 0. The fourth-order valence-electron chi connectivity index (χ4n) is 2.81. The number of aryl methyl sites for hydroxylation is 2. The van der Waals surface area contributed by atoms with Crippen LogP contribution < -0.4 is 4.90 Å². The van der Waals surface area contributed by atoms with Crippen LogP contribution in [0.1, 0.15) is 16.7 Å². The summed E-state index contributed by atoms with van der Waals surface area (Å²) in [6.07, 6.45) is 0.185. The minimum Gasteiger partial charge on any atom is -0.481 e. The van der Waals surface area contributed by atoms with E-state index in [4.69, 9.17) is 0 Å². The number of carboxylic acids is 1. The second-order valence-electron chi connectivity index (χ2n) is 5.72. The van der Waals surface area contributed by atoms with Gasteiger partial charge in [-0.25, -0.2) is 0 Å². The van der Waals surface area contributed by atoms with Crippen LogP contribution in [0.15, 0.2) is 48.5 Å². The van der Waals surface area contributed by atoms with E-state index in [-0.39, 0.29) is 6.42 Å². The van der Waals surface area contributed by atoms with Gasteiger partial charge in [-0.1, -0.05) is 48.5 Å². The number of anilines is 1. The third kappa shape index (κ3) is 3.77. The second kappa shape index (κ2) is 7.09. The molecule has 1 N–H and O–H groups in total. The Hall–Kier alpha value is -2.62. The number of carbonyl (C=O) groups is 2. The van der Waals surface area contributed by atoms with E-state index in [1.165, 1.54) is 4.90 Å². The van der Waals surface area contributed by atoms with E-state index in [0.717, 1.165) is 22.4 Å². The Morgan fingerprint density at radius 3 is 2.09 bits per heavy atom. The van der Waals surface area contributed by atoms with Gasteiger partial charge in [-0.2, -0.15) is 0 Å². The average Bonchev–Trinajstić information content (AvgIpc) is 2.52. The van der Waals surface area contributed by atoms with Crippen LogP contribution in [-0.4, -0.2) is 24.0 Å². The smallest absolute Gasteiger partial charge is 0.316 e. The van der Waals surface area contributed by atoms with Crippen LogP contribution in [0, 0.1) is 19.8 Å².